The molecule has 0 N–H and O–H groups in total. The monoisotopic (exact) mass is 240 g/mol. The lowest BCUT2D eigenvalue weighted by atomic mass is 10.0. The van der Waals surface area contributed by atoms with Gasteiger partial charge in [0, 0.05) is 11.1 Å². The molecule has 1 aliphatic rings. The van der Waals surface area contributed by atoms with Crippen LogP contribution in [-0.4, -0.2) is 0 Å². The molecule has 0 amide bonds. The maximum absolute atomic E-state index is 5.96. The molecular formula is C17H20O. The van der Waals surface area contributed by atoms with E-state index in [-0.39, 0.29) is 0 Å². The van der Waals surface area contributed by atoms with Gasteiger partial charge in [-0.2, -0.15) is 0 Å². The Morgan fingerprint density at radius 1 is 1.22 bits per heavy atom. The molecule has 0 bridgehead atoms. The van der Waals surface area contributed by atoms with Crippen molar-refractivity contribution in [1.29, 1.82) is 0 Å². The van der Waals surface area contributed by atoms with Crippen LogP contribution in [0.15, 0.2) is 34.8 Å². The van der Waals surface area contributed by atoms with Gasteiger partial charge in [0.15, 0.2) is 0 Å². The topological polar surface area (TPSA) is 13.1 Å². The third-order valence-electron chi connectivity index (χ3n) is 3.00. The highest BCUT2D eigenvalue weighted by Gasteiger charge is 2.14. The second-order valence-electron chi connectivity index (χ2n) is 4.35. The van der Waals surface area contributed by atoms with Crippen LogP contribution in [0.2, 0.25) is 0 Å². The van der Waals surface area contributed by atoms with Crippen LogP contribution < -0.4 is 0 Å². The molecule has 0 saturated heterocycles. The van der Waals surface area contributed by atoms with Gasteiger partial charge in [0.05, 0.1) is 0 Å². The van der Waals surface area contributed by atoms with Crippen LogP contribution >= 0.6 is 0 Å². The summed E-state index contributed by atoms with van der Waals surface area (Å²) < 4.78 is 5.96. The summed E-state index contributed by atoms with van der Waals surface area (Å²) >= 11 is 0. The summed E-state index contributed by atoms with van der Waals surface area (Å²) in [5.74, 6) is 1.98. The van der Waals surface area contributed by atoms with Crippen LogP contribution in [0.1, 0.15) is 49.3 Å². The second-order valence-corrected chi connectivity index (χ2v) is 4.35. The van der Waals surface area contributed by atoms with Crippen molar-refractivity contribution in [2.45, 2.75) is 33.1 Å². The smallest absolute Gasteiger partial charge is 0.134 e. The number of fused-ring (bicyclic) bond motifs is 1. The van der Waals surface area contributed by atoms with Gasteiger partial charge in [-0.1, -0.05) is 43.4 Å². The molecule has 0 unspecified atom stereocenters. The minimum Gasteiger partial charge on any atom is -0.456 e. The van der Waals surface area contributed by atoms with Gasteiger partial charge >= 0.3 is 0 Å². The summed E-state index contributed by atoms with van der Waals surface area (Å²) in [6.45, 7) is 4.19. The average molecular weight is 240 g/mol. The third-order valence-corrected chi connectivity index (χ3v) is 3.00. The maximum Gasteiger partial charge on any atom is 0.134 e. The Hall–Kier alpha value is -1.76. The van der Waals surface area contributed by atoms with Crippen molar-refractivity contribution in [2.24, 2.45) is 0 Å². The number of allylic oxidation sites excluding steroid dienone is 5. The zero-order valence-electron chi connectivity index (χ0n) is 11.1. The van der Waals surface area contributed by atoms with Gasteiger partial charge in [0.1, 0.15) is 11.5 Å². The SMILES string of the molecule is C/C=C\Cc1c(/C=C\CC)oc2c1C=CCC=C2. The van der Waals surface area contributed by atoms with E-state index in [9.17, 15) is 0 Å². The normalized spacial score (nSPS) is 14.6. The summed E-state index contributed by atoms with van der Waals surface area (Å²) in [7, 11) is 0. The molecule has 18 heavy (non-hydrogen) atoms. The fourth-order valence-electron chi connectivity index (χ4n) is 2.07. The summed E-state index contributed by atoms with van der Waals surface area (Å²) in [5, 5.41) is 0. The van der Waals surface area contributed by atoms with Crippen molar-refractivity contribution in [3.63, 3.8) is 0 Å². The van der Waals surface area contributed by atoms with E-state index in [0.29, 0.717) is 0 Å². The van der Waals surface area contributed by atoms with Gasteiger partial charge in [-0.15, -0.1) is 0 Å². The van der Waals surface area contributed by atoms with E-state index in [0.717, 1.165) is 30.8 Å². The number of hydrogen-bond acceptors (Lipinski definition) is 1. The molecule has 2 rings (SSSR count). The van der Waals surface area contributed by atoms with Gasteiger partial charge in [-0.3, -0.25) is 0 Å². The van der Waals surface area contributed by atoms with Crippen LogP contribution in [0.4, 0.5) is 0 Å². The quantitative estimate of drug-likeness (QED) is 0.655. The fraction of sp³-hybridized carbons (Fsp3) is 0.294. The van der Waals surface area contributed by atoms with Crippen LogP contribution in [0.3, 0.4) is 0 Å². The standard InChI is InChI=1S/C17H20O/c1-3-5-10-14-15-11-8-7-9-13-17(15)18-16(14)12-6-4-2/h3,5-6,8-9,11-13H,4,7,10H2,1-2H3/b5-3-,12-6-. The lowest BCUT2D eigenvalue weighted by molar-refractivity contribution is 0.544. The molecule has 1 aromatic heterocycles. The molecule has 0 aromatic carbocycles. The third kappa shape index (κ3) is 2.73. The highest BCUT2D eigenvalue weighted by Crippen LogP contribution is 2.29. The summed E-state index contributed by atoms with van der Waals surface area (Å²) in [6.07, 6.45) is 20.0. The first kappa shape index (κ1) is 12.7. The zero-order valence-corrected chi connectivity index (χ0v) is 11.1. The Morgan fingerprint density at radius 2 is 2.06 bits per heavy atom. The van der Waals surface area contributed by atoms with E-state index >= 15 is 0 Å². The Kier molecular flexibility index (Phi) is 4.40. The summed E-state index contributed by atoms with van der Waals surface area (Å²) in [4.78, 5) is 0. The molecule has 0 spiro atoms. The van der Waals surface area contributed by atoms with Crippen molar-refractivity contribution in [3.8, 4) is 0 Å². The molecule has 1 heteroatoms. The van der Waals surface area contributed by atoms with Crippen LogP contribution in [0.25, 0.3) is 18.2 Å². The Balaban J connectivity index is 2.46. The van der Waals surface area contributed by atoms with E-state index in [4.69, 9.17) is 4.42 Å². The van der Waals surface area contributed by atoms with Crippen molar-refractivity contribution in [1.82, 2.24) is 0 Å². The molecule has 1 heterocycles. The van der Waals surface area contributed by atoms with Crippen molar-refractivity contribution in [2.75, 3.05) is 0 Å². The van der Waals surface area contributed by atoms with Crippen LogP contribution in [0, 0.1) is 0 Å². The predicted octanol–water partition coefficient (Wildman–Crippen LogP) is 5.25. The minimum atomic E-state index is 0.927. The van der Waals surface area contributed by atoms with Gasteiger partial charge in [0.25, 0.3) is 0 Å². The predicted molar refractivity (Wildman–Crippen MR) is 79.2 cm³/mol. The minimum absolute atomic E-state index is 0.927. The number of rotatable bonds is 4. The van der Waals surface area contributed by atoms with E-state index in [1.54, 1.807) is 0 Å². The van der Waals surface area contributed by atoms with Crippen molar-refractivity contribution in [3.05, 3.63) is 53.0 Å². The molecule has 1 nitrogen and oxygen atoms in total. The number of furan rings is 1. The molecular weight excluding hydrogens is 220 g/mol. The zero-order chi connectivity index (χ0) is 12.8. The van der Waals surface area contributed by atoms with Gasteiger partial charge in [-0.05, 0) is 38.3 Å². The number of hydrogen-bond donors (Lipinski definition) is 0. The van der Waals surface area contributed by atoms with E-state index in [1.807, 2.05) is 0 Å². The van der Waals surface area contributed by atoms with E-state index in [1.165, 1.54) is 11.1 Å². The summed E-state index contributed by atoms with van der Waals surface area (Å²) in [5.41, 5.74) is 2.52. The van der Waals surface area contributed by atoms with Gasteiger partial charge in [0.2, 0.25) is 0 Å². The molecule has 0 aliphatic heterocycles. The van der Waals surface area contributed by atoms with E-state index in [2.05, 4.69) is 62.5 Å². The molecule has 0 atom stereocenters. The van der Waals surface area contributed by atoms with Gasteiger partial charge in [-0.25, -0.2) is 0 Å². The average Bonchev–Trinajstić information content (AvgIpc) is 2.56. The largest absolute Gasteiger partial charge is 0.456 e. The Labute approximate surface area is 109 Å². The van der Waals surface area contributed by atoms with Crippen LogP contribution in [0.5, 0.6) is 0 Å². The first-order valence-corrected chi connectivity index (χ1v) is 6.63. The van der Waals surface area contributed by atoms with Crippen molar-refractivity contribution < 1.29 is 4.42 Å². The molecule has 0 saturated carbocycles. The Morgan fingerprint density at radius 3 is 2.83 bits per heavy atom. The van der Waals surface area contributed by atoms with Crippen molar-refractivity contribution >= 4 is 18.2 Å². The molecule has 0 fully saturated rings. The molecule has 1 aromatic rings. The first-order valence-electron chi connectivity index (χ1n) is 6.63. The van der Waals surface area contributed by atoms with E-state index < -0.39 is 0 Å². The molecule has 0 radical (unpaired) electrons. The lowest BCUT2D eigenvalue weighted by Crippen LogP contribution is -1.85. The highest BCUT2D eigenvalue weighted by molar-refractivity contribution is 5.71. The first-order chi connectivity index (χ1) is 8.86. The highest BCUT2D eigenvalue weighted by atomic mass is 16.3. The molecule has 1 aliphatic carbocycles. The lowest BCUT2D eigenvalue weighted by Gasteiger charge is -1.96. The Bertz CT molecular complexity index is 510. The molecule has 94 valence electrons. The second kappa shape index (κ2) is 6.25. The van der Waals surface area contributed by atoms with Gasteiger partial charge < -0.3 is 4.42 Å². The summed E-state index contributed by atoms with van der Waals surface area (Å²) in [6, 6.07) is 0. The fourth-order valence-corrected chi connectivity index (χ4v) is 2.07. The maximum atomic E-state index is 5.96. The van der Waals surface area contributed by atoms with Crippen LogP contribution in [-0.2, 0) is 6.42 Å².